The first-order valence-electron chi connectivity index (χ1n) is 15.0. The third kappa shape index (κ3) is 19.2. The van der Waals surface area contributed by atoms with Gasteiger partial charge in [0.2, 0.25) is 11.8 Å². The Bertz CT molecular complexity index is 1090. The van der Waals surface area contributed by atoms with Crippen LogP contribution in [0, 0.1) is 18.3 Å². The monoisotopic (exact) mass is 629 g/mol. The number of aldehydes is 1. The Hall–Kier alpha value is -3.89. The smallest absolute Gasteiger partial charge is 0.242 e. The fourth-order valence-corrected chi connectivity index (χ4v) is 3.85. The van der Waals surface area contributed by atoms with Crippen molar-refractivity contribution >= 4 is 23.9 Å². The number of carbonyl (C=O) groups excluding carboxylic acids is 3. The number of nitrogens with two attached hydrogens (primary N) is 1. The number of terminal acetylenes is 1. The van der Waals surface area contributed by atoms with Crippen LogP contribution in [0.25, 0.3) is 0 Å². The molecule has 3 atom stereocenters. The van der Waals surface area contributed by atoms with Gasteiger partial charge in [-0.25, -0.2) is 4.39 Å². The van der Waals surface area contributed by atoms with Crippen molar-refractivity contribution in [1.82, 2.24) is 26.2 Å². The maximum absolute atomic E-state index is 13.7. The van der Waals surface area contributed by atoms with Crippen LogP contribution in [0.4, 0.5) is 4.39 Å². The van der Waals surface area contributed by atoms with E-state index in [1.54, 1.807) is 14.0 Å². The zero-order chi connectivity index (χ0) is 34.0. The van der Waals surface area contributed by atoms with Crippen LogP contribution in [0.15, 0.2) is 59.5 Å². The fourth-order valence-electron chi connectivity index (χ4n) is 3.85. The first-order valence-corrected chi connectivity index (χ1v) is 15.0. The van der Waals surface area contributed by atoms with Gasteiger partial charge in [-0.2, -0.15) is 0 Å². The minimum Gasteiger partial charge on any atom is -0.384 e. The minimum atomic E-state index is -0.703. The summed E-state index contributed by atoms with van der Waals surface area (Å²) in [4.78, 5) is 36.6. The molecule has 11 nitrogen and oxygen atoms in total. The summed E-state index contributed by atoms with van der Waals surface area (Å²) in [6.07, 6.45) is 24.9. The highest BCUT2D eigenvalue weighted by Crippen LogP contribution is 2.10. The Morgan fingerprint density at radius 3 is 2.60 bits per heavy atom. The third-order valence-electron chi connectivity index (χ3n) is 6.72. The van der Waals surface area contributed by atoms with Crippen molar-refractivity contribution in [2.24, 2.45) is 5.73 Å². The number of nitrogens with zero attached hydrogens (tertiary/aromatic N) is 1. The van der Waals surface area contributed by atoms with Crippen molar-refractivity contribution in [3.8, 4) is 12.8 Å². The largest absolute Gasteiger partial charge is 0.384 e. The standard InChI is InChI=1S/C22H38FN5O4.C9H12N2.C2H2/c1-17(21(30)26-11-13-29)28(3)22(31)20(19-16-27-19)25-12-15-32-14-9-18(23)8-6-4-5-7-10-24-2;1-7-3-2-4-8(6-5-7)9(10)11;1-2/h6,8-9,13,17,19-20,24-25,27H,4-5,7,10-12,14-16H2,1-3H3,(H,26,30);3-6H,2H2,1H3,(H3,10,11);1-2H/b8-6-,18-9+;;. The molecule has 0 aromatic heterocycles. The van der Waals surface area contributed by atoms with Gasteiger partial charge in [0.25, 0.3) is 0 Å². The van der Waals surface area contributed by atoms with E-state index in [0.717, 1.165) is 37.8 Å². The summed E-state index contributed by atoms with van der Waals surface area (Å²) in [6.45, 7) is 6.09. The Labute approximate surface area is 268 Å². The second kappa shape index (κ2) is 25.4. The van der Waals surface area contributed by atoms with Gasteiger partial charge >= 0.3 is 0 Å². The zero-order valence-corrected chi connectivity index (χ0v) is 27.1. The Balaban J connectivity index is 0.00000124. The molecule has 0 radical (unpaired) electrons. The number of unbranched alkanes of at least 4 members (excludes halogenated alkanes) is 2. The van der Waals surface area contributed by atoms with Crippen molar-refractivity contribution in [1.29, 1.82) is 5.41 Å². The van der Waals surface area contributed by atoms with Gasteiger partial charge in [0.05, 0.1) is 19.8 Å². The highest BCUT2D eigenvalue weighted by molar-refractivity contribution is 5.97. The molecule has 2 rings (SSSR count). The van der Waals surface area contributed by atoms with Gasteiger partial charge in [-0.15, -0.1) is 12.8 Å². The van der Waals surface area contributed by atoms with Gasteiger partial charge in [0.15, 0.2) is 0 Å². The van der Waals surface area contributed by atoms with Crippen molar-refractivity contribution in [3.05, 3.63) is 59.5 Å². The Kier molecular flexibility index (Phi) is 23.2. The van der Waals surface area contributed by atoms with Gasteiger partial charge in [-0.05, 0) is 65.3 Å². The van der Waals surface area contributed by atoms with Crippen LogP contribution in [0.5, 0.6) is 0 Å². The van der Waals surface area contributed by atoms with Gasteiger partial charge in [-0.1, -0.05) is 36.0 Å². The molecule has 1 saturated heterocycles. The molecule has 3 unspecified atom stereocenters. The zero-order valence-electron chi connectivity index (χ0n) is 27.1. The van der Waals surface area contributed by atoms with E-state index >= 15 is 0 Å². The summed E-state index contributed by atoms with van der Waals surface area (Å²) in [5, 5.41) is 19.0. The molecule has 1 heterocycles. The third-order valence-corrected chi connectivity index (χ3v) is 6.72. The van der Waals surface area contributed by atoms with Crippen molar-refractivity contribution in [3.63, 3.8) is 0 Å². The molecular weight excluding hydrogens is 577 g/mol. The highest BCUT2D eigenvalue weighted by Gasteiger charge is 2.38. The number of nitrogens with one attached hydrogen (secondary N) is 5. The number of likely N-dealkylation sites (N-methyl/N-ethyl adjacent to an activating group) is 1. The van der Waals surface area contributed by atoms with Gasteiger partial charge in [-0.3, -0.25) is 15.0 Å². The normalized spacial score (nSPS) is 16.8. The lowest BCUT2D eigenvalue weighted by molar-refractivity contribution is -0.140. The van der Waals surface area contributed by atoms with Gasteiger partial charge < -0.3 is 41.4 Å². The van der Waals surface area contributed by atoms with Gasteiger partial charge in [0, 0.05) is 31.8 Å². The second-order valence-corrected chi connectivity index (χ2v) is 10.2. The van der Waals surface area contributed by atoms with E-state index in [1.165, 1.54) is 22.6 Å². The average molecular weight is 630 g/mol. The van der Waals surface area contributed by atoms with Crippen molar-refractivity contribution in [2.45, 2.75) is 57.7 Å². The number of ether oxygens (including phenoxy) is 1. The lowest BCUT2D eigenvalue weighted by atomic mass is 10.1. The van der Waals surface area contributed by atoms with Crippen LogP contribution in [0.2, 0.25) is 0 Å². The SMILES string of the molecule is C#C.CC1=CCC=C(C(=N)N)C=C1.CNCCCC/C=C\C(F)=C/COCCNC(C(=O)N(C)C(C)C(=O)NCC=O)C1CN1. The molecule has 1 fully saturated rings. The van der Waals surface area contributed by atoms with E-state index < -0.39 is 12.1 Å². The second-order valence-electron chi connectivity index (χ2n) is 10.2. The number of allylic oxidation sites excluding steroid dienone is 7. The predicted molar refractivity (Wildman–Crippen MR) is 179 cm³/mol. The first-order chi connectivity index (χ1) is 21.6. The molecule has 0 aromatic carbocycles. The predicted octanol–water partition coefficient (Wildman–Crippen LogP) is 1.90. The van der Waals surface area contributed by atoms with Crippen LogP contribution in [-0.4, -0.2) is 100 Å². The lowest BCUT2D eigenvalue weighted by Gasteiger charge is -2.28. The molecule has 45 heavy (non-hydrogen) atoms. The maximum atomic E-state index is 13.7. The van der Waals surface area contributed by atoms with Gasteiger partial charge in [0.1, 0.15) is 30.0 Å². The van der Waals surface area contributed by atoms with Crippen LogP contribution in [0.3, 0.4) is 0 Å². The average Bonchev–Trinajstić information content (AvgIpc) is 3.90. The van der Waals surface area contributed by atoms with E-state index in [-0.39, 0.29) is 42.7 Å². The number of halogens is 1. The minimum absolute atomic E-state index is 0.00855. The molecule has 1 aliphatic carbocycles. The van der Waals surface area contributed by atoms with E-state index in [9.17, 15) is 18.8 Å². The summed E-state index contributed by atoms with van der Waals surface area (Å²) < 4.78 is 19.1. The number of rotatable bonds is 19. The Morgan fingerprint density at radius 2 is 1.98 bits per heavy atom. The quantitative estimate of drug-likeness (QED) is 0.0239. The topological polar surface area (TPSA) is 172 Å². The number of amidine groups is 1. The van der Waals surface area contributed by atoms with E-state index in [4.69, 9.17) is 15.9 Å². The van der Waals surface area contributed by atoms with E-state index in [2.05, 4.69) is 40.2 Å². The molecule has 250 valence electrons. The molecule has 0 spiro atoms. The van der Waals surface area contributed by atoms with Crippen molar-refractivity contribution < 1.29 is 23.5 Å². The summed E-state index contributed by atoms with van der Waals surface area (Å²) in [5.41, 5.74) is 7.36. The summed E-state index contributed by atoms with van der Waals surface area (Å²) in [5.74, 6) is -0.797. The summed E-state index contributed by atoms with van der Waals surface area (Å²) in [7, 11) is 3.47. The van der Waals surface area contributed by atoms with E-state index in [1.807, 2.05) is 38.3 Å². The fraction of sp³-hybridized carbons (Fsp3) is 0.515. The molecule has 0 bridgehead atoms. The molecule has 12 heteroatoms. The molecule has 2 amide bonds. The lowest BCUT2D eigenvalue weighted by Crippen LogP contribution is -2.55. The molecule has 0 aromatic rings. The summed E-state index contributed by atoms with van der Waals surface area (Å²) >= 11 is 0. The number of hydrogen-bond acceptors (Lipinski definition) is 8. The highest BCUT2D eigenvalue weighted by atomic mass is 19.1. The van der Waals surface area contributed by atoms with Crippen LogP contribution in [-0.2, 0) is 19.1 Å². The number of amides is 2. The Morgan fingerprint density at radius 1 is 1.27 bits per heavy atom. The molecule has 2 aliphatic rings. The molecule has 7 N–H and O–H groups in total. The van der Waals surface area contributed by atoms with Crippen LogP contribution >= 0.6 is 0 Å². The molecule has 1 aliphatic heterocycles. The first kappa shape index (κ1) is 41.1. The van der Waals surface area contributed by atoms with Crippen molar-refractivity contribution in [2.75, 3.05) is 53.5 Å². The molecular formula is C33H52FN7O4. The van der Waals surface area contributed by atoms with Crippen LogP contribution < -0.4 is 27.0 Å². The summed E-state index contributed by atoms with van der Waals surface area (Å²) in [6, 6.07) is -1.21. The number of carbonyl (C=O) groups is 3. The maximum Gasteiger partial charge on any atom is 0.242 e. The number of hydrogen-bond donors (Lipinski definition) is 6. The van der Waals surface area contributed by atoms with E-state index in [0.29, 0.717) is 26.0 Å². The van der Waals surface area contributed by atoms with Crippen LogP contribution in [0.1, 0.15) is 39.5 Å². The molecule has 0 saturated carbocycles.